The van der Waals surface area contributed by atoms with E-state index in [0.717, 1.165) is 17.1 Å². The molecular weight excluding hydrogens is 398 g/mol. The molecule has 0 aliphatic carbocycles. The SMILES string of the molecule is COc1ccc(OC)c(CN2CCN(C(=O)c3ccc(Cl)cc3[N+](=O)[O-])CC2)c1. The molecule has 0 bridgehead atoms. The predicted molar refractivity (Wildman–Crippen MR) is 109 cm³/mol. The van der Waals surface area contributed by atoms with Crippen LogP contribution < -0.4 is 9.47 Å². The predicted octanol–water partition coefficient (Wildman–Crippen LogP) is 3.22. The highest BCUT2D eigenvalue weighted by atomic mass is 35.5. The summed E-state index contributed by atoms with van der Waals surface area (Å²) in [7, 11) is 3.24. The fourth-order valence-electron chi connectivity index (χ4n) is 3.36. The second-order valence-electron chi connectivity index (χ2n) is 6.66. The molecule has 1 fully saturated rings. The van der Waals surface area contributed by atoms with Crippen molar-refractivity contribution in [3.63, 3.8) is 0 Å². The van der Waals surface area contributed by atoms with Crippen molar-refractivity contribution >= 4 is 23.2 Å². The van der Waals surface area contributed by atoms with Crippen LogP contribution in [0.4, 0.5) is 5.69 Å². The van der Waals surface area contributed by atoms with Crippen LogP contribution in [0.2, 0.25) is 5.02 Å². The van der Waals surface area contributed by atoms with Crippen molar-refractivity contribution in [2.45, 2.75) is 6.54 Å². The summed E-state index contributed by atoms with van der Waals surface area (Å²) >= 11 is 5.84. The Bertz CT molecular complexity index is 913. The van der Waals surface area contributed by atoms with Crippen LogP contribution in [-0.4, -0.2) is 61.0 Å². The first-order chi connectivity index (χ1) is 13.9. The second kappa shape index (κ2) is 9.11. The third-order valence-electron chi connectivity index (χ3n) is 4.93. The molecule has 0 radical (unpaired) electrons. The van der Waals surface area contributed by atoms with Crippen molar-refractivity contribution in [1.29, 1.82) is 0 Å². The van der Waals surface area contributed by atoms with Crippen LogP contribution in [-0.2, 0) is 6.54 Å². The van der Waals surface area contributed by atoms with Gasteiger partial charge in [-0.2, -0.15) is 0 Å². The molecule has 3 rings (SSSR count). The quantitative estimate of drug-likeness (QED) is 0.528. The average molecular weight is 420 g/mol. The Morgan fingerprint density at radius 3 is 2.45 bits per heavy atom. The lowest BCUT2D eigenvalue weighted by Crippen LogP contribution is -2.48. The number of carbonyl (C=O) groups is 1. The number of amides is 1. The Morgan fingerprint density at radius 1 is 1.10 bits per heavy atom. The number of methoxy groups -OCH3 is 2. The van der Waals surface area contributed by atoms with Gasteiger partial charge in [-0.25, -0.2) is 0 Å². The normalized spacial score (nSPS) is 14.5. The second-order valence-corrected chi connectivity index (χ2v) is 7.10. The van der Waals surface area contributed by atoms with Gasteiger partial charge in [0.05, 0.1) is 19.1 Å². The van der Waals surface area contributed by atoms with E-state index in [2.05, 4.69) is 4.90 Å². The lowest BCUT2D eigenvalue weighted by molar-refractivity contribution is -0.385. The van der Waals surface area contributed by atoms with Crippen LogP contribution in [0, 0.1) is 10.1 Å². The Hall–Kier alpha value is -2.84. The Morgan fingerprint density at radius 2 is 1.83 bits per heavy atom. The summed E-state index contributed by atoms with van der Waals surface area (Å²) in [4.78, 5) is 27.3. The summed E-state index contributed by atoms with van der Waals surface area (Å²) in [6.45, 7) is 2.90. The summed E-state index contributed by atoms with van der Waals surface area (Å²) in [6.07, 6.45) is 0. The van der Waals surface area contributed by atoms with Gasteiger partial charge in [0.15, 0.2) is 0 Å². The molecule has 2 aromatic carbocycles. The number of ether oxygens (including phenoxy) is 2. The van der Waals surface area contributed by atoms with Gasteiger partial charge in [0.1, 0.15) is 17.1 Å². The van der Waals surface area contributed by atoms with Crippen molar-refractivity contribution in [1.82, 2.24) is 9.80 Å². The zero-order valence-electron chi connectivity index (χ0n) is 16.3. The Balaban J connectivity index is 1.67. The standard InChI is InChI=1S/C20H22ClN3O5/c1-28-16-4-6-19(29-2)14(11-16)13-22-7-9-23(10-8-22)20(25)17-5-3-15(21)12-18(17)24(26)27/h3-6,11-12H,7-10,13H2,1-2H3. The number of nitrogens with zero attached hydrogens (tertiary/aromatic N) is 3. The number of nitro benzene ring substituents is 1. The zero-order valence-corrected chi connectivity index (χ0v) is 17.0. The van der Waals surface area contributed by atoms with Crippen LogP contribution in [0.5, 0.6) is 11.5 Å². The van der Waals surface area contributed by atoms with Gasteiger partial charge in [-0.15, -0.1) is 0 Å². The highest BCUT2D eigenvalue weighted by molar-refractivity contribution is 6.31. The fourth-order valence-corrected chi connectivity index (χ4v) is 3.53. The number of carbonyl (C=O) groups excluding carboxylic acids is 1. The highest BCUT2D eigenvalue weighted by Crippen LogP contribution is 2.27. The molecule has 2 aromatic rings. The molecule has 1 amide bonds. The first kappa shape index (κ1) is 20.9. The molecule has 0 N–H and O–H groups in total. The minimum atomic E-state index is -0.579. The van der Waals surface area contributed by atoms with E-state index >= 15 is 0 Å². The van der Waals surface area contributed by atoms with E-state index in [9.17, 15) is 14.9 Å². The summed E-state index contributed by atoms with van der Waals surface area (Å²) < 4.78 is 10.7. The number of halogens is 1. The third kappa shape index (κ3) is 4.78. The number of hydrogen-bond acceptors (Lipinski definition) is 6. The van der Waals surface area contributed by atoms with Gasteiger partial charge in [-0.1, -0.05) is 11.6 Å². The van der Waals surface area contributed by atoms with E-state index in [1.807, 2.05) is 18.2 Å². The average Bonchev–Trinajstić information content (AvgIpc) is 2.73. The van der Waals surface area contributed by atoms with E-state index in [1.54, 1.807) is 19.1 Å². The number of piperazine rings is 1. The van der Waals surface area contributed by atoms with Crippen molar-refractivity contribution in [3.8, 4) is 11.5 Å². The van der Waals surface area contributed by atoms with Crippen LogP contribution in [0.1, 0.15) is 15.9 Å². The number of hydrogen-bond donors (Lipinski definition) is 0. The number of benzene rings is 2. The molecule has 0 saturated carbocycles. The van der Waals surface area contributed by atoms with E-state index in [-0.39, 0.29) is 22.2 Å². The molecule has 29 heavy (non-hydrogen) atoms. The number of rotatable bonds is 6. The van der Waals surface area contributed by atoms with E-state index in [4.69, 9.17) is 21.1 Å². The van der Waals surface area contributed by atoms with Crippen LogP contribution in [0.15, 0.2) is 36.4 Å². The molecule has 0 atom stereocenters. The minimum absolute atomic E-state index is 0.0577. The Labute approximate surface area is 173 Å². The third-order valence-corrected chi connectivity index (χ3v) is 5.16. The van der Waals surface area contributed by atoms with Gasteiger partial charge in [-0.05, 0) is 30.3 Å². The van der Waals surface area contributed by atoms with E-state index in [1.165, 1.54) is 18.2 Å². The molecular formula is C20H22ClN3O5. The van der Waals surface area contributed by atoms with Crippen LogP contribution >= 0.6 is 11.6 Å². The van der Waals surface area contributed by atoms with E-state index in [0.29, 0.717) is 32.7 Å². The van der Waals surface area contributed by atoms with Crippen LogP contribution in [0.3, 0.4) is 0 Å². The molecule has 0 aromatic heterocycles. The molecule has 1 saturated heterocycles. The molecule has 0 unspecified atom stereocenters. The summed E-state index contributed by atoms with van der Waals surface area (Å²) in [6, 6.07) is 9.77. The fraction of sp³-hybridized carbons (Fsp3) is 0.350. The van der Waals surface area contributed by atoms with Gasteiger partial charge in [0, 0.05) is 49.4 Å². The monoisotopic (exact) mass is 419 g/mol. The molecule has 1 aliphatic heterocycles. The van der Waals surface area contributed by atoms with Crippen molar-refractivity contribution in [2.24, 2.45) is 0 Å². The molecule has 0 spiro atoms. The molecule has 1 aliphatic rings. The van der Waals surface area contributed by atoms with Crippen molar-refractivity contribution in [2.75, 3.05) is 40.4 Å². The lowest BCUT2D eigenvalue weighted by Gasteiger charge is -2.35. The zero-order chi connectivity index (χ0) is 21.0. The van der Waals surface area contributed by atoms with Gasteiger partial charge in [-0.3, -0.25) is 19.8 Å². The summed E-state index contributed by atoms with van der Waals surface area (Å²) in [5.41, 5.74) is 0.785. The molecule has 9 heteroatoms. The first-order valence-electron chi connectivity index (χ1n) is 9.09. The Kier molecular flexibility index (Phi) is 6.56. The van der Waals surface area contributed by atoms with Crippen molar-refractivity contribution < 1.29 is 19.2 Å². The molecule has 1 heterocycles. The topological polar surface area (TPSA) is 85.2 Å². The molecule has 8 nitrogen and oxygen atoms in total. The summed E-state index contributed by atoms with van der Waals surface area (Å²) in [5.74, 6) is 1.18. The highest BCUT2D eigenvalue weighted by Gasteiger charge is 2.28. The largest absolute Gasteiger partial charge is 0.497 e. The van der Waals surface area contributed by atoms with Crippen LogP contribution in [0.25, 0.3) is 0 Å². The summed E-state index contributed by atoms with van der Waals surface area (Å²) in [5, 5.41) is 11.5. The molecule has 154 valence electrons. The number of nitro groups is 1. The van der Waals surface area contributed by atoms with Gasteiger partial charge < -0.3 is 14.4 Å². The first-order valence-corrected chi connectivity index (χ1v) is 9.47. The van der Waals surface area contributed by atoms with Gasteiger partial charge in [0.2, 0.25) is 0 Å². The van der Waals surface area contributed by atoms with Gasteiger partial charge in [0.25, 0.3) is 11.6 Å². The smallest absolute Gasteiger partial charge is 0.283 e. The maximum Gasteiger partial charge on any atom is 0.283 e. The van der Waals surface area contributed by atoms with Gasteiger partial charge >= 0.3 is 0 Å². The maximum absolute atomic E-state index is 12.8. The van der Waals surface area contributed by atoms with Crippen molar-refractivity contribution in [3.05, 3.63) is 62.7 Å². The minimum Gasteiger partial charge on any atom is -0.497 e. The van der Waals surface area contributed by atoms with E-state index < -0.39 is 4.92 Å². The maximum atomic E-state index is 12.8. The lowest BCUT2D eigenvalue weighted by atomic mass is 10.1.